The first kappa shape index (κ1) is 19.7. The summed E-state index contributed by atoms with van der Waals surface area (Å²) in [6.07, 6.45) is 4.10. The monoisotopic (exact) mass is 415 g/mol. The lowest BCUT2D eigenvalue weighted by Gasteiger charge is -2.33. The molecule has 5 rings (SSSR count). The van der Waals surface area contributed by atoms with E-state index < -0.39 is 0 Å². The number of para-hydroxylation sites is 3. The van der Waals surface area contributed by atoms with Crippen LogP contribution in [0.25, 0.3) is 21.9 Å². The number of nitrogens with zero attached hydrogens (tertiary/aromatic N) is 2. The predicted molar refractivity (Wildman–Crippen MR) is 124 cm³/mol. The highest BCUT2D eigenvalue weighted by molar-refractivity contribution is 5.83. The SMILES string of the molecule is CC(C)C(NC(=O)N1CCC(c2c[nH]c3ccccc23)CC1)c1nc2ccccc2[nH]1. The Kier molecular flexibility index (Phi) is 5.14. The van der Waals surface area contributed by atoms with Crippen molar-refractivity contribution in [1.29, 1.82) is 0 Å². The van der Waals surface area contributed by atoms with Crippen molar-refractivity contribution in [3.8, 4) is 0 Å². The van der Waals surface area contributed by atoms with Crippen molar-refractivity contribution in [3.63, 3.8) is 0 Å². The third kappa shape index (κ3) is 3.78. The van der Waals surface area contributed by atoms with Crippen molar-refractivity contribution >= 4 is 28.0 Å². The minimum atomic E-state index is -0.147. The van der Waals surface area contributed by atoms with E-state index in [0.717, 1.165) is 42.8 Å². The number of fused-ring (bicyclic) bond motifs is 2. The number of rotatable bonds is 4. The van der Waals surface area contributed by atoms with Crippen molar-refractivity contribution in [2.45, 2.75) is 38.6 Å². The van der Waals surface area contributed by atoms with Crippen molar-refractivity contribution in [1.82, 2.24) is 25.2 Å². The number of carbonyl (C=O) groups is 1. The molecule has 31 heavy (non-hydrogen) atoms. The van der Waals surface area contributed by atoms with E-state index in [4.69, 9.17) is 4.98 Å². The van der Waals surface area contributed by atoms with Gasteiger partial charge in [-0.05, 0) is 48.4 Å². The topological polar surface area (TPSA) is 76.8 Å². The Balaban J connectivity index is 1.26. The number of benzene rings is 2. The molecule has 2 amide bonds. The molecule has 0 radical (unpaired) electrons. The first-order valence-electron chi connectivity index (χ1n) is 11.2. The number of imidazole rings is 1. The van der Waals surface area contributed by atoms with Gasteiger partial charge < -0.3 is 20.2 Å². The van der Waals surface area contributed by atoms with Crippen LogP contribution in [0.5, 0.6) is 0 Å². The molecule has 0 spiro atoms. The molecule has 1 aliphatic rings. The van der Waals surface area contributed by atoms with E-state index >= 15 is 0 Å². The zero-order chi connectivity index (χ0) is 21.4. The second-order valence-corrected chi connectivity index (χ2v) is 8.86. The summed E-state index contributed by atoms with van der Waals surface area (Å²) in [4.78, 5) is 26.5. The summed E-state index contributed by atoms with van der Waals surface area (Å²) in [5, 5.41) is 4.53. The molecule has 1 fully saturated rings. The quantitative estimate of drug-likeness (QED) is 0.421. The molecule has 1 aliphatic heterocycles. The molecule has 1 atom stereocenters. The van der Waals surface area contributed by atoms with Crippen LogP contribution in [-0.4, -0.2) is 39.0 Å². The first-order chi connectivity index (χ1) is 15.1. The number of urea groups is 1. The number of hydrogen-bond acceptors (Lipinski definition) is 2. The summed E-state index contributed by atoms with van der Waals surface area (Å²) in [7, 11) is 0. The van der Waals surface area contributed by atoms with Gasteiger partial charge in [0, 0.05) is 30.2 Å². The van der Waals surface area contributed by atoms with Crippen LogP contribution < -0.4 is 5.32 Å². The Morgan fingerprint density at radius 3 is 2.52 bits per heavy atom. The number of piperidine rings is 1. The van der Waals surface area contributed by atoms with Gasteiger partial charge >= 0.3 is 6.03 Å². The lowest BCUT2D eigenvalue weighted by Crippen LogP contribution is -2.46. The third-order valence-electron chi connectivity index (χ3n) is 6.49. The minimum absolute atomic E-state index is 0.00321. The van der Waals surface area contributed by atoms with Crippen molar-refractivity contribution in [2.75, 3.05) is 13.1 Å². The van der Waals surface area contributed by atoms with Crippen molar-refractivity contribution in [2.24, 2.45) is 5.92 Å². The van der Waals surface area contributed by atoms with Crippen molar-refractivity contribution < 1.29 is 4.79 Å². The van der Waals surface area contributed by atoms with Crippen LogP contribution in [0.3, 0.4) is 0 Å². The van der Waals surface area contributed by atoms with Gasteiger partial charge in [-0.25, -0.2) is 9.78 Å². The van der Waals surface area contributed by atoms with E-state index in [9.17, 15) is 4.79 Å². The van der Waals surface area contributed by atoms with Crippen LogP contribution in [0.1, 0.15) is 50.0 Å². The molecule has 1 unspecified atom stereocenters. The Morgan fingerprint density at radius 1 is 1.06 bits per heavy atom. The fourth-order valence-electron chi connectivity index (χ4n) is 4.72. The number of likely N-dealkylation sites (tertiary alicyclic amines) is 1. The zero-order valence-electron chi connectivity index (χ0n) is 18.1. The summed E-state index contributed by atoms with van der Waals surface area (Å²) < 4.78 is 0. The molecule has 0 aliphatic carbocycles. The maximum absolute atomic E-state index is 13.1. The van der Waals surface area contributed by atoms with Crippen LogP contribution >= 0.6 is 0 Å². The van der Waals surface area contributed by atoms with Gasteiger partial charge in [0.05, 0.1) is 17.1 Å². The minimum Gasteiger partial charge on any atom is -0.361 e. The van der Waals surface area contributed by atoms with E-state index in [2.05, 4.69) is 59.6 Å². The van der Waals surface area contributed by atoms with E-state index in [1.165, 1.54) is 16.5 Å². The highest BCUT2D eigenvalue weighted by Gasteiger charge is 2.28. The van der Waals surface area contributed by atoms with Crippen LogP contribution in [0.2, 0.25) is 0 Å². The molecule has 0 bridgehead atoms. The lowest BCUT2D eigenvalue weighted by molar-refractivity contribution is 0.174. The van der Waals surface area contributed by atoms with Crippen LogP contribution in [0.15, 0.2) is 54.7 Å². The molecule has 2 aromatic heterocycles. The fraction of sp³-hybridized carbons (Fsp3) is 0.360. The number of aromatic amines is 2. The average Bonchev–Trinajstić information content (AvgIpc) is 3.41. The van der Waals surface area contributed by atoms with Gasteiger partial charge in [-0.15, -0.1) is 0 Å². The summed E-state index contributed by atoms with van der Waals surface area (Å²) in [6.45, 7) is 5.75. The van der Waals surface area contributed by atoms with Gasteiger partial charge in [0.2, 0.25) is 0 Å². The fourth-order valence-corrected chi connectivity index (χ4v) is 4.72. The molecule has 1 saturated heterocycles. The number of aromatic nitrogens is 3. The largest absolute Gasteiger partial charge is 0.361 e. The van der Waals surface area contributed by atoms with Gasteiger partial charge in [-0.3, -0.25) is 0 Å². The van der Waals surface area contributed by atoms with Gasteiger partial charge in [-0.1, -0.05) is 44.2 Å². The average molecular weight is 416 g/mol. The number of nitrogens with one attached hydrogen (secondary N) is 3. The summed E-state index contributed by atoms with van der Waals surface area (Å²) >= 11 is 0. The molecule has 160 valence electrons. The predicted octanol–water partition coefficient (Wildman–Crippen LogP) is 5.33. The van der Waals surface area contributed by atoms with Crippen LogP contribution in [0.4, 0.5) is 4.79 Å². The highest BCUT2D eigenvalue weighted by atomic mass is 16.2. The van der Waals surface area contributed by atoms with Crippen LogP contribution in [-0.2, 0) is 0 Å². The summed E-state index contributed by atoms with van der Waals surface area (Å²) in [6, 6.07) is 16.3. The Morgan fingerprint density at radius 2 is 1.77 bits per heavy atom. The maximum Gasteiger partial charge on any atom is 0.317 e. The van der Waals surface area contributed by atoms with E-state index in [1.807, 2.05) is 29.2 Å². The van der Waals surface area contributed by atoms with Crippen LogP contribution in [0, 0.1) is 5.92 Å². The molecule has 6 nitrogen and oxygen atoms in total. The molecular formula is C25H29N5O. The Bertz CT molecular complexity index is 1170. The molecule has 4 aromatic rings. The summed E-state index contributed by atoms with van der Waals surface area (Å²) in [5.41, 5.74) is 4.48. The Hall–Kier alpha value is -3.28. The first-order valence-corrected chi connectivity index (χ1v) is 11.2. The molecule has 2 aromatic carbocycles. The Labute approximate surface area is 182 Å². The van der Waals surface area contributed by atoms with Gasteiger partial charge in [-0.2, -0.15) is 0 Å². The number of hydrogen-bond donors (Lipinski definition) is 3. The second kappa shape index (κ2) is 8.10. The number of carbonyl (C=O) groups excluding carboxylic acids is 1. The van der Waals surface area contributed by atoms with Gasteiger partial charge in [0.15, 0.2) is 0 Å². The van der Waals surface area contributed by atoms with Crippen molar-refractivity contribution in [3.05, 3.63) is 66.1 Å². The van der Waals surface area contributed by atoms with E-state index in [0.29, 0.717) is 5.92 Å². The molecule has 3 N–H and O–H groups in total. The normalized spacial score (nSPS) is 16.3. The second-order valence-electron chi connectivity index (χ2n) is 8.86. The third-order valence-corrected chi connectivity index (χ3v) is 6.49. The zero-order valence-corrected chi connectivity index (χ0v) is 18.1. The van der Waals surface area contributed by atoms with E-state index in [-0.39, 0.29) is 18.0 Å². The highest BCUT2D eigenvalue weighted by Crippen LogP contribution is 2.33. The maximum atomic E-state index is 13.1. The summed E-state index contributed by atoms with van der Waals surface area (Å²) in [5.74, 6) is 1.53. The van der Waals surface area contributed by atoms with Gasteiger partial charge in [0.25, 0.3) is 0 Å². The molecule has 0 saturated carbocycles. The number of amides is 2. The standard InChI is InChI=1S/C25H29N5O/c1-16(2)23(24-27-21-9-5-6-10-22(21)28-24)29-25(31)30-13-11-17(12-14-30)19-15-26-20-8-4-3-7-18(19)20/h3-10,15-17,23,26H,11-14H2,1-2H3,(H,27,28)(H,29,31). The molecule has 3 heterocycles. The molecular weight excluding hydrogens is 386 g/mol. The number of H-pyrrole nitrogens is 2. The van der Waals surface area contributed by atoms with Gasteiger partial charge in [0.1, 0.15) is 5.82 Å². The molecule has 6 heteroatoms. The smallest absolute Gasteiger partial charge is 0.317 e. The van der Waals surface area contributed by atoms with E-state index in [1.54, 1.807) is 0 Å². The lowest BCUT2D eigenvalue weighted by atomic mass is 9.89.